The Morgan fingerprint density at radius 2 is 2.10 bits per heavy atom. The summed E-state index contributed by atoms with van der Waals surface area (Å²) in [5.74, 6) is 0.239. The molecule has 0 aliphatic rings. The zero-order chi connectivity index (χ0) is 14.9. The second-order valence-corrected chi connectivity index (χ2v) is 5.70. The number of hydrogen-bond donors (Lipinski definition) is 1. The fourth-order valence-electron chi connectivity index (χ4n) is 1.69. The van der Waals surface area contributed by atoms with Gasteiger partial charge in [-0.1, -0.05) is 23.2 Å². The molecule has 1 heterocycles. The molecule has 7 heteroatoms. The predicted octanol–water partition coefficient (Wildman–Crippen LogP) is 5.01. The summed E-state index contributed by atoms with van der Waals surface area (Å²) in [7, 11) is 0. The Hall–Kier alpha value is -1.04. The topological polar surface area (TPSA) is 48.1 Å². The number of anilines is 1. The van der Waals surface area contributed by atoms with Crippen molar-refractivity contribution in [3.8, 4) is 5.75 Å². The van der Waals surface area contributed by atoms with Crippen molar-refractivity contribution in [2.45, 2.75) is 13.0 Å². The maximum absolute atomic E-state index is 13.5. The highest BCUT2D eigenvalue weighted by Gasteiger charge is 2.19. The molecule has 0 amide bonds. The molecule has 106 valence electrons. The molecular weight excluding hydrogens is 370 g/mol. The molecule has 0 aliphatic carbocycles. The van der Waals surface area contributed by atoms with E-state index in [-0.39, 0.29) is 5.02 Å². The van der Waals surface area contributed by atoms with E-state index in [4.69, 9.17) is 33.7 Å². The number of pyridine rings is 1. The fraction of sp³-hybridized carbons (Fsp3) is 0.154. The van der Waals surface area contributed by atoms with Crippen molar-refractivity contribution in [3.05, 3.63) is 50.3 Å². The predicted molar refractivity (Wildman–Crippen MR) is 81.8 cm³/mol. The number of nitrogens with two attached hydrogens (primary N) is 1. The molecule has 1 atom stereocenters. The minimum atomic E-state index is -0.552. The normalized spacial score (nSPS) is 12.2. The Labute approximate surface area is 134 Å². The van der Waals surface area contributed by atoms with Gasteiger partial charge in [-0.15, -0.1) is 0 Å². The first-order valence-corrected chi connectivity index (χ1v) is 7.16. The van der Waals surface area contributed by atoms with E-state index in [0.717, 1.165) is 0 Å². The minimum Gasteiger partial charge on any atom is -0.485 e. The monoisotopic (exact) mass is 378 g/mol. The molecule has 0 saturated heterocycles. The fourth-order valence-corrected chi connectivity index (χ4v) is 2.68. The number of ether oxygens (including phenoxy) is 1. The Balaban J connectivity index is 2.35. The Morgan fingerprint density at radius 1 is 1.40 bits per heavy atom. The molecule has 0 spiro atoms. The molecular formula is C13H10BrCl2FN2O. The van der Waals surface area contributed by atoms with Crippen LogP contribution in [0.3, 0.4) is 0 Å². The summed E-state index contributed by atoms with van der Waals surface area (Å²) in [5, 5.41) is 0.283. The van der Waals surface area contributed by atoms with Gasteiger partial charge in [-0.2, -0.15) is 0 Å². The first kappa shape index (κ1) is 15.4. The van der Waals surface area contributed by atoms with Crippen LogP contribution in [0.1, 0.15) is 18.6 Å². The molecule has 0 saturated carbocycles. The summed E-state index contributed by atoms with van der Waals surface area (Å²) in [6.07, 6.45) is 0.968. The van der Waals surface area contributed by atoms with Crippen molar-refractivity contribution in [2.75, 3.05) is 5.73 Å². The van der Waals surface area contributed by atoms with Crippen LogP contribution >= 0.6 is 39.1 Å². The molecule has 0 aliphatic heterocycles. The molecule has 0 unspecified atom stereocenters. The lowest BCUT2D eigenvalue weighted by Gasteiger charge is -2.19. The molecule has 1 aromatic carbocycles. The summed E-state index contributed by atoms with van der Waals surface area (Å²) < 4.78 is 19.9. The molecule has 2 N–H and O–H groups in total. The van der Waals surface area contributed by atoms with Gasteiger partial charge in [0.05, 0.1) is 9.50 Å². The van der Waals surface area contributed by atoms with Crippen molar-refractivity contribution in [2.24, 2.45) is 0 Å². The molecule has 3 nitrogen and oxygen atoms in total. The van der Waals surface area contributed by atoms with Gasteiger partial charge in [0.25, 0.3) is 0 Å². The number of aromatic nitrogens is 1. The van der Waals surface area contributed by atoms with Crippen molar-refractivity contribution >= 4 is 44.9 Å². The second kappa shape index (κ2) is 6.16. The van der Waals surface area contributed by atoms with Crippen LogP contribution in [0.5, 0.6) is 5.75 Å². The lowest BCUT2D eigenvalue weighted by molar-refractivity contribution is 0.225. The van der Waals surface area contributed by atoms with E-state index in [2.05, 4.69) is 20.9 Å². The molecule has 2 rings (SSSR count). The van der Waals surface area contributed by atoms with Gasteiger partial charge in [-0.3, -0.25) is 0 Å². The maximum Gasteiger partial charge on any atom is 0.142 e. The van der Waals surface area contributed by atoms with E-state index >= 15 is 0 Å². The van der Waals surface area contributed by atoms with Gasteiger partial charge < -0.3 is 10.5 Å². The smallest absolute Gasteiger partial charge is 0.142 e. The van der Waals surface area contributed by atoms with Crippen LogP contribution in [0, 0.1) is 5.82 Å². The average Bonchev–Trinajstić information content (AvgIpc) is 2.39. The molecule has 2 aromatic rings. The van der Waals surface area contributed by atoms with Gasteiger partial charge in [0, 0.05) is 22.8 Å². The second-order valence-electron chi connectivity index (χ2n) is 4.06. The SMILES string of the molecule is C[C@@H](Oc1cc(N)ncc1Br)c1c(Cl)ccc(F)c1Cl. The van der Waals surface area contributed by atoms with Gasteiger partial charge in [0.1, 0.15) is 23.5 Å². The quantitative estimate of drug-likeness (QED) is 0.762. The lowest BCUT2D eigenvalue weighted by atomic mass is 10.1. The van der Waals surface area contributed by atoms with Gasteiger partial charge in [0.15, 0.2) is 0 Å². The number of hydrogen-bond acceptors (Lipinski definition) is 3. The summed E-state index contributed by atoms with van der Waals surface area (Å²) in [5.41, 5.74) is 5.99. The molecule has 0 radical (unpaired) electrons. The largest absolute Gasteiger partial charge is 0.485 e. The summed E-state index contributed by atoms with van der Waals surface area (Å²) in [4.78, 5) is 3.91. The number of nitrogen functional groups attached to an aromatic ring is 1. The van der Waals surface area contributed by atoms with Crippen LogP contribution in [0.15, 0.2) is 28.9 Å². The van der Waals surface area contributed by atoms with E-state index in [0.29, 0.717) is 26.6 Å². The van der Waals surface area contributed by atoms with E-state index in [1.165, 1.54) is 18.3 Å². The standard InChI is InChI=1S/C13H10BrCl2FN2O/c1-6(12-8(15)2-3-9(17)13(12)16)20-10-4-11(18)19-5-7(10)14/h2-6H,1H3,(H2,18,19)/t6-/m1/s1. The molecule has 0 bridgehead atoms. The lowest BCUT2D eigenvalue weighted by Crippen LogP contribution is -2.06. The highest BCUT2D eigenvalue weighted by molar-refractivity contribution is 9.10. The summed E-state index contributed by atoms with van der Waals surface area (Å²) in [6, 6.07) is 4.21. The highest BCUT2D eigenvalue weighted by atomic mass is 79.9. The van der Waals surface area contributed by atoms with Crippen LogP contribution in [0.2, 0.25) is 10.0 Å². The maximum atomic E-state index is 13.5. The third-order valence-corrected chi connectivity index (χ3v) is 3.94. The van der Waals surface area contributed by atoms with E-state index in [1.807, 2.05) is 0 Å². The van der Waals surface area contributed by atoms with Crippen molar-refractivity contribution in [1.82, 2.24) is 4.98 Å². The Morgan fingerprint density at radius 3 is 2.80 bits per heavy atom. The van der Waals surface area contributed by atoms with E-state index in [1.54, 1.807) is 13.0 Å². The van der Waals surface area contributed by atoms with Crippen molar-refractivity contribution < 1.29 is 9.13 Å². The van der Waals surface area contributed by atoms with E-state index < -0.39 is 11.9 Å². The Bertz CT molecular complexity index is 655. The zero-order valence-electron chi connectivity index (χ0n) is 10.3. The molecule has 0 fully saturated rings. The van der Waals surface area contributed by atoms with Gasteiger partial charge in [0.2, 0.25) is 0 Å². The third kappa shape index (κ3) is 3.16. The van der Waals surface area contributed by atoms with Crippen molar-refractivity contribution in [3.63, 3.8) is 0 Å². The van der Waals surface area contributed by atoms with Gasteiger partial charge in [-0.25, -0.2) is 9.37 Å². The third-order valence-electron chi connectivity index (χ3n) is 2.63. The average molecular weight is 380 g/mol. The van der Waals surface area contributed by atoms with Crippen LogP contribution in [-0.4, -0.2) is 4.98 Å². The van der Waals surface area contributed by atoms with Gasteiger partial charge in [-0.05, 0) is 35.0 Å². The molecule has 1 aromatic heterocycles. The number of halogens is 4. The van der Waals surface area contributed by atoms with Gasteiger partial charge >= 0.3 is 0 Å². The van der Waals surface area contributed by atoms with Crippen LogP contribution in [0.4, 0.5) is 10.2 Å². The van der Waals surface area contributed by atoms with Crippen molar-refractivity contribution in [1.29, 1.82) is 0 Å². The van der Waals surface area contributed by atoms with Crippen LogP contribution in [0.25, 0.3) is 0 Å². The highest BCUT2D eigenvalue weighted by Crippen LogP contribution is 2.36. The van der Waals surface area contributed by atoms with E-state index in [9.17, 15) is 4.39 Å². The van der Waals surface area contributed by atoms with Crippen LogP contribution in [-0.2, 0) is 0 Å². The zero-order valence-corrected chi connectivity index (χ0v) is 13.4. The number of rotatable bonds is 3. The molecule has 20 heavy (non-hydrogen) atoms. The first-order chi connectivity index (χ1) is 9.40. The summed E-state index contributed by atoms with van der Waals surface area (Å²) in [6.45, 7) is 1.72. The first-order valence-electron chi connectivity index (χ1n) is 5.61. The Kier molecular flexibility index (Phi) is 4.73. The number of nitrogens with zero attached hydrogens (tertiary/aromatic N) is 1. The van der Waals surface area contributed by atoms with Crippen LogP contribution < -0.4 is 10.5 Å². The minimum absolute atomic E-state index is 0.0526. The number of benzene rings is 1. The summed E-state index contributed by atoms with van der Waals surface area (Å²) >= 11 is 15.3.